The Morgan fingerprint density at radius 2 is 1.94 bits per heavy atom. The van der Waals surface area contributed by atoms with Gasteiger partial charge in [-0.3, -0.25) is 4.68 Å². The van der Waals surface area contributed by atoms with E-state index in [-0.39, 0.29) is 0 Å². The molecule has 0 saturated carbocycles. The molecule has 0 atom stereocenters. The number of nitrogens with zero attached hydrogens (tertiary/aromatic N) is 2. The molecule has 0 aliphatic carbocycles. The van der Waals surface area contributed by atoms with Crippen LogP contribution in [0.25, 0.3) is 0 Å². The van der Waals surface area contributed by atoms with Crippen LogP contribution in [0.15, 0.2) is 6.20 Å². The lowest BCUT2D eigenvalue weighted by atomic mass is 10.0. The van der Waals surface area contributed by atoms with Crippen molar-refractivity contribution >= 4 is 0 Å². The molecule has 1 heterocycles. The van der Waals surface area contributed by atoms with Gasteiger partial charge < -0.3 is 5.32 Å². The van der Waals surface area contributed by atoms with Gasteiger partial charge in [0.2, 0.25) is 0 Å². The minimum Gasteiger partial charge on any atom is -0.312 e. The Bertz CT molecular complexity index is 338. The van der Waals surface area contributed by atoms with Crippen LogP contribution in [0.5, 0.6) is 0 Å². The second-order valence-corrected chi connectivity index (χ2v) is 5.64. The zero-order chi connectivity index (χ0) is 13.5. The lowest BCUT2D eigenvalue weighted by Gasteiger charge is -2.14. The third-order valence-corrected chi connectivity index (χ3v) is 3.66. The highest BCUT2D eigenvalue weighted by Gasteiger charge is 2.10. The summed E-state index contributed by atoms with van der Waals surface area (Å²) in [7, 11) is 0. The van der Waals surface area contributed by atoms with Crippen LogP contribution in [-0.2, 0) is 13.1 Å². The Kier molecular flexibility index (Phi) is 6.41. The average molecular weight is 251 g/mol. The zero-order valence-electron chi connectivity index (χ0n) is 12.7. The third kappa shape index (κ3) is 4.45. The molecule has 0 saturated heterocycles. The van der Waals surface area contributed by atoms with Crippen LogP contribution >= 0.6 is 0 Å². The maximum absolute atomic E-state index is 4.53. The van der Waals surface area contributed by atoms with E-state index in [1.807, 2.05) is 6.20 Å². The highest BCUT2D eigenvalue weighted by molar-refractivity contribution is 5.15. The maximum atomic E-state index is 4.53. The first-order valence-electron chi connectivity index (χ1n) is 7.30. The van der Waals surface area contributed by atoms with Crippen LogP contribution in [0.4, 0.5) is 0 Å². The Balaban J connectivity index is 2.54. The molecule has 3 heteroatoms. The van der Waals surface area contributed by atoms with Crippen LogP contribution in [-0.4, -0.2) is 16.3 Å². The Morgan fingerprint density at radius 3 is 2.50 bits per heavy atom. The molecule has 0 aliphatic rings. The second kappa shape index (κ2) is 7.57. The SMILES string of the molecule is CCC(CC)Cn1ncc(CNCC(C)C)c1C. The second-order valence-electron chi connectivity index (χ2n) is 5.64. The van der Waals surface area contributed by atoms with Crippen LogP contribution in [0.2, 0.25) is 0 Å². The van der Waals surface area contributed by atoms with Gasteiger partial charge in [0.15, 0.2) is 0 Å². The summed E-state index contributed by atoms with van der Waals surface area (Å²) >= 11 is 0. The fraction of sp³-hybridized carbons (Fsp3) is 0.800. The van der Waals surface area contributed by atoms with Crippen molar-refractivity contribution in [1.82, 2.24) is 15.1 Å². The van der Waals surface area contributed by atoms with Crippen molar-refractivity contribution in [1.29, 1.82) is 0 Å². The van der Waals surface area contributed by atoms with Gasteiger partial charge in [0.1, 0.15) is 0 Å². The smallest absolute Gasteiger partial charge is 0.0537 e. The van der Waals surface area contributed by atoms with E-state index in [4.69, 9.17) is 0 Å². The van der Waals surface area contributed by atoms with Crippen molar-refractivity contribution in [2.24, 2.45) is 11.8 Å². The predicted molar refractivity (Wildman–Crippen MR) is 77.6 cm³/mol. The van der Waals surface area contributed by atoms with Gasteiger partial charge in [-0.05, 0) is 25.3 Å². The largest absolute Gasteiger partial charge is 0.312 e. The highest BCUT2D eigenvalue weighted by atomic mass is 15.3. The van der Waals surface area contributed by atoms with Crippen molar-refractivity contribution in [3.63, 3.8) is 0 Å². The maximum Gasteiger partial charge on any atom is 0.0537 e. The summed E-state index contributed by atoms with van der Waals surface area (Å²) in [6.07, 6.45) is 4.48. The Morgan fingerprint density at radius 1 is 1.28 bits per heavy atom. The predicted octanol–water partition coefficient (Wildman–Crippen LogP) is 3.37. The van der Waals surface area contributed by atoms with Crippen molar-refractivity contribution in [3.05, 3.63) is 17.5 Å². The van der Waals surface area contributed by atoms with Crippen LogP contribution in [0.1, 0.15) is 51.8 Å². The van der Waals surface area contributed by atoms with E-state index in [9.17, 15) is 0 Å². The summed E-state index contributed by atoms with van der Waals surface area (Å²) in [6.45, 7) is 14.2. The molecule has 0 radical (unpaired) electrons. The number of hydrogen-bond donors (Lipinski definition) is 1. The van der Waals surface area contributed by atoms with Gasteiger partial charge >= 0.3 is 0 Å². The minimum atomic E-state index is 0.699. The lowest BCUT2D eigenvalue weighted by Crippen LogP contribution is -2.19. The fourth-order valence-corrected chi connectivity index (χ4v) is 2.13. The molecule has 1 rings (SSSR count). The molecule has 0 spiro atoms. The standard InChI is InChI=1S/C15H29N3/c1-6-14(7-2)11-18-13(5)15(10-17-18)9-16-8-12(3)4/h10,12,14,16H,6-9,11H2,1-5H3. The van der Waals surface area contributed by atoms with Gasteiger partial charge in [0.05, 0.1) is 6.20 Å². The van der Waals surface area contributed by atoms with Gasteiger partial charge in [0.25, 0.3) is 0 Å². The van der Waals surface area contributed by atoms with E-state index < -0.39 is 0 Å². The first-order chi connectivity index (χ1) is 8.58. The molecular weight excluding hydrogens is 222 g/mol. The van der Waals surface area contributed by atoms with Crippen LogP contribution in [0.3, 0.4) is 0 Å². The van der Waals surface area contributed by atoms with Gasteiger partial charge in [-0.1, -0.05) is 40.5 Å². The van der Waals surface area contributed by atoms with Gasteiger partial charge in [0, 0.05) is 24.3 Å². The lowest BCUT2D eigenvalue weighted by molar-refractivity contribution is 0.391. The number of hydrogen-bond acceptors (Lipinski definition) is 2. The molecule has 0 aromatic carbocycles. The third-order valence-electron chi connectivity index (χ3n) is 3.66. The van der Waals surface area contributed by atoms with E-state index in [0.29, 0.717) is 5.92 Å². The quantitative estimate of drug-likeness (QED) is 0.767. The van der Waals surface area contributed by atoms with Crippen molar-refractivity contribution in [3.8, 4) is 0 Å². The van der Waals surface area contributed by atoms with Crippen molar-refractivity contribution < 1.29 is 0 Å². The van der Waals surface area contributed by atoms with Crippen molar-refractivity contribution in [2.75, 3.05) is 6.54 Å². The number of aromatic nitrogens is 2. The Hall–Kier alpha value is -0.830. The number of nitrogens with one attached hydrogen (secondary N) is 1. The highest BCUT2D eigenvalue weighted by Crippen LogP contribution is 2.14. The van der Waals surface area contributed by atoms with Crippen molar-refractivity contribution in [2.45, 2.75) is 60.5 Å². The van der Waals surface area contributed by atoms with E-state index >= 15 is 0 Å². The minimum absolute atomic E-state index is 0.699. The normalized spacial score (nSPS) is 11.7. The summed E-state index contributed by atoms with van der Waals surface area (Å²) in [5.41, 5.74) is 2.65. The molecule has 0 aliphatic heterocycles. The molecular formula is C15H29N3. The van der Waals surface area contributed by atoms with Gasteiger partial charge in [-0.2, -0.15) is 5.10 Å². The van der Waals surface area contributed by atoms with E-state index in [1.165, 1.54) is 24.1 Å². The first-order valence-corrected chi connectivity index (χ1v) is 7.30. The molecule has 104 valence electrons. The van der Waals surface area contributed by atoms with Crippen LogP contribution < -0.4 is 5.32 Å². The monoisotopic (exact) mass is 251 g/mol. The molecule has 3 nitrogen and oxygen atoms in total. The molecule has 0 amide bonds. The summed E-state index contributed by atoms with van der Waals surface area (Å²) in [4.78, 5) is 0. The molecule has 0 unspecified atom stereocenters. The topological polar surface area (TPSA) is 29.9 Å². The van der Waals surface area contributed by atoms with E-state index in [2.05, 4.69) is 49.7 Å². The molecule has 18 heavy (non-hydrogen) atoms. The fourth-order valence-electron chi connectivity index (χ4n) is 2.13. The first kappa shape index (κ1) is 15.2. The summed E-state index contributed by atoms with van der Waals surface area (Å²) in [6, 6.07) is 0. The zero-order valence-corrected chi connectivity index (χ0v) is 12.7. The number of rotatable bonds is 8. The molecule has 1 aromatic heterocycles. The van der Waals surface area contributed by atoms with Gasteiger partial charge in [-0.15, -0.1) is 0 Å². The molecule has 1 N–H and O–H groups in total. The Labute approximate surface area is 112 Å². The molecule has 1 aromatic rings. The summed E-state index contributed by atoms with van der Waals surface area (Å²) < 4.78 is 2.17. The summed E-state index contributed by atoms with van der Waals surface area (Å²) in [5.74, 6) is 1.45. The molecule has 0 fully saturated rings. The molecule has 0 bridgehead atoms. The average Bonchev–Trinajstić information content (AvgIpc) is 2.68. The van der Waals surface area contributed by atoms with Crippen LogP contribution in [0, 0.1) is 18.8 Å². The summed E-state index contributed by atoms with van der Waals surface area (Å²) in [5, 5.41) is 8.01. The van der Waals surface area contributed by atoms with Gasteiger partial charge in [-0.25, -0.2) is 0 Å². The van der Waals surface area contributed by atoms with E-state index in [0.717, 1.165) is 25.6 Å². The van der Waals surface area contributed by atoms with E-state index in [1.54, 1.807) is 0 Å².